The molecule has 0 heterocycles. The maximum Gasteiger partial charge on any atom is 0.326 e. The zero-order valence-corrected chi connectivity index (χ0v) is 38.7. The molecule has 0 bridgehead atoms. The van der Waals surface area contributed by atoms with Gasteiger partial charge in [-0.05, 0) is 39.0 Å². The molecule has 0 saturated heterocycles. The minimum Gasteiger partial charge on any atom is -0.481 e. The lowest BCUT2D eigenvalue weighted by molar-refractivity contribution is -0.142. The molecule has 0 unspecified atom stereocenters. The highest BCUT2D eigenvalue weighted by Crippen LogP contribution is 2.14. The molecule has 0 fully saturated rings. The van der Waals surface area contributed by atoms with Gasteiger partial charge in [-0.2, -0.15) is 0 Å². The second kappa shape index (κ2) is 47.0. The third-order valence-electron chi connectivity index (χ3n) is 9.71. The number of nitrogens with one attached hydrogen (secondary N) is 3. The van der Waals surface area contributed by atoms with Crippen molar-refractivity contribution in [1.29, 1.82) is 0 Å². The largest absolute Gasteiger partial charge is 0.481 e. The molecule has 0 rings (SSSR count). The summed E-state index contributed by atoms with van der Waals surface area (Å²) in [6, 6.07) is -0.973. The van der Waals surface area contributed by atoms with E-state index in [0.717, 1.165) is 44.9 Å². The van der Waals surface area contributed by atoms with Crippen molar-refractivity contribution in [1.82, 2.24) is 16.0 Å². The SMILES string of the molecule is CCCC(=O)CC[C@H](NC(=O)CCCCCCCCCCCCCCCCCCC(=O)O)C(=O)O.CCOCCOCC(=O)NCCOCCOCC(=O)CCCNC(=O)CC. The molecule has 1 atom stereocenters. The molecule has 0 radical (unpaired) electrons. The van der Waals surface area contributed by atoms with Gasteiger partial charge in [0.1, 0.15) is 25.0 Å². The predicted molar refractivity (Wildman–Crippen MR) is 239 cm³/mol. The Morgan fingerprint density at radius 3 is 1.47 bits per heavy atom. The minimum absolute atomic E-state index is 0.000418. The van der Waals surface area contributed by atoms with Crippen molar-refractivity contribution in [3.63, 3.8) is 0 Å². The van der Waals surface area contributed by atoms with E-state index >= 15 is 0 Å². The Hall–Kier alpha value is -3.47. The van der Waals surface area contributed by atoms with Crippen LogP contribution < -0.4 is 16.0 Å². The van der Waals surface area contributed by atoms with Crippen LogP contribution in [0.1, 0.15) is 181 Å². The van der Waals surface area contributed by atoms with Crippen LogP contribution in [0.4, 0.5) is 0 Å². The maximum atomic E-state index is 12.0. The lowest BCUT2D eigenvalue weighted by Crippen LogP contribution is -2.41. The van der Waals surface area contributed by atoms with Gasteiger partial charge < -0.3 is 45.1 Å². The number of carbonyl (C=O) groups is 7. The van der Waals surface area contributed by atoms with E-state index in [-0.39, 0.29) is 55.3 Å². The van der Waals surface area contributed by atoms with E-state index in [4.69, 9.17) is 24.1 Å². The van der Waals surface area contributed by atoms with Crippen molar-refractivity contribution in [3.05, 3.63) is 0 Å². The number of ketones is 2. The van der Waals surface area contributed by atoms with Crippen molar-refractivity contribution >= 4 is 41.2 Å². The lowest BCUT2D eigenvalue weighted by atomic mass is 10.0. The predicted octanol–water partition coefficient (Wildman–Crippen LogP) is 6.88. The van der Waals surface area contributed by atoms with Crippen LogP contribution in [0.15, 0.2) is 0 Å². The molecular formula is C46H85N3O13. The third-order valence-corrected chi connectivity index (χ3v) is 9.71. The van der Waals surface area contributed by atoms with Crippen molar-refractivity contribution in [2.45, 2.75) is 187 Å². The summed E-state index contributed by atoms with van der Waals surface area (Å²) in [5.74, 6) is -2.17. The zero-order valence-electron chi connectivity index (χ0n) is 38.7. The van der Waals surface area contributed by atoms with Crippen LogP contribution >= 0.6 is 0 Å². The van der Waals surface area contributed by atoms with Gasteiger partial charge in [0.25, 0.3) is 0 Å². The molecule has 0 saturated carbocycles. The molecule has 0 aliphatic rings. The monoisotopic (exact) mass is 888 g/mol. The third kappa shape index (κ3) is 47.6. The highest BCUT2D eigenvalue weighted by Gasteiger charge is 2.20. The van der Waals surface area contributed by atoms with Crippen LogP contribution in [0.5, 0.6) is 0 Å². The number of carboxylic acid groups (broad SMARTS) is 2. The Bertz CT molecular complexity index is 1160. The minimum atomic E-state index is -1.08. The molecule has 0 aliphatic heterocycles. The van der Waals surface area contributed by atoms with Crippen molar-refractivity contribution < 1.29 is 62.7 Å². The molecule has 0 aliphatic carbocycles. The first-order valence-corrected chi connectivity index (χ1v) is 23.6. The van der Waals surface area contributed by atoms with E-state index in [9.17, 15) is 38.7 Å². The summed E-state index contributed by atoms with van der Waals surface area (Å²) in [7, 11) is 0. The molecule has 3 amide bonds. The number of rotatable bonds is 45. The van der Waals surface area contributed by atoms with Crippen molar-refractivity contribution in [2.24, 2.45) is 0 Å². The van der Waals surface area contributed by atoms with Gasteiger partial charge in [0, 0.05) is 58.2 Å². The molecule has 16 heteroatoms. The van der Waals surface area contributed by atoms with Crippen LogP contribution in [0.3, 0.4) is 0 Å². The van der Waals surface area contributed by atoms with E-state index in [1.54, 1.807) is 6.92 Å². The van der Waals surface area contributed by atoms with Crippen LogP contribution in [-0.2, 0) is 52.5 Å². The number of ether oxygens (including phenoxy) is 4. The summed E-state index contributed by atoms with van der Waals surface area (Å²) in [6.45, 7) is 9.04. The number of amides is 3. The Morgan fingerprint density at radius 1 is 0.452 bits per heavy atom. The summed E-state index contributed by atoms with van der Waals surface area (Å²) in [5, 5.41) is 25.8. The second-order valence-corrected chi connectivity index (χ2v) is 15.4. The summed E-state index contributed by atoms with van der Waals surface area (Å²) in [5.41, 5.74) is 0. The highest BCUT2D eigenvalue weighted by atomic mass is 16.5. The Balaban J connectivity index is 0. The first-order valence-electron chi connectivity index (χ1n) is 23.6. The Kier molecular flexibility index (Phi) is 46.0. The molecule has 0 spiro atoms. The molecule has 16 nitrogen and oxygen atoms in total. The van der Waals surface area contributed by atoms with Crippen molar-refractivity contribution in [2.75, 3.05) is 65.9 Å². The first-order chi connectivity index (χ1) is 30.0. The number of aliphatic carboxylic acids is 2. The van der Waals surface area contributed by atoms with Crippen LogP contribution in [0, 0.1) is 0 Å². The maximum absolute atomic E-state index is 12.0. The molecule has 5 N–H and O–H groups in total. The number of Topliss-reactive ketones (excluding diaryl/α,β-unsaturated/α-hetero) is 2. The quantitative estimate of drug-likeness (QED) is 0.0393. The zero-order chi connectivity index (χ0) is 46.3. The number of unbranched alkanes of at least 4 members (excludes halogenated alkanes) is 15. The second-order valence-electron chi connectivity index (χ2n) is 15.4. The molecule has 362 valence electrons. The van der Waals surface area contributed by atoms with E-state index < -0.39 is 18.0 Å². The molecule has 62 heavy (non-hydrogen) atoms. The number of carboxylic acids is 2. The van der Waals surface area contributed by atoms with Crippen LogP contribution in [0.2, 0.25) is 0 Å². The lowest BCUT2D eigenvalue weighted by Gasteiger charge is -2.14. The molecule has 0 aromatic rings. The van der Waals surface area contributed by atoms with Gasteiger partial charge in [0.2, 0.25) is 17.7 Å². The van der Waals surface area contributed by atoms with Gasteiger partial charge in [0.05, 0.1) is 33.0 Å². The van der Waals surface area contributed by atoms with Crippen LogP contribution in [0.25, 0.3) is 0 Å². The standard InChI is InChI=1S/C28H51NO6.C18H34N2O7/c1-2-19-24(30)22-23-25(28(34)35)29-26(31)20-17-15-13-11-9-7-5-3-4-6-8-10-12-14-16-18-21-27(32)33;1-3-17(22)19-7-5-6-16(21)14-26-13-11-25-9-8-20-18(23)15-27-12-10-24-4-2/h25H,2-23H2,1H3,(H,29,31)(H,32,33)(H,34,35);3-15H2,1-2H3,(H,19,22)(H,20,23)/t25-;/m0./s1. The van der Waals surface area contributed by atoms with E-state index in [0.29, 0.717) is 91.3 Å². The van der Waals surface area contributed by atoms with E-state index in [2.05, 4.69) is 16.0 Å². The van der Waals surface area contributed by atoms with Gasteiger partial charge in [-0.25, -0.2) is 4.79 Å². The summed E-state index contributed by atoms with van der Waals surface area (Å²) in [6.07, 6.45) is 22.2. The summed E-state index contributed by atoms with van der Waals surface area (Å²) >= 11 is 0. The molecule has 0 aromatic heterocycles. The fourth-order valence-electron chi connectivity index (χ4n) is 6.13. The summed E-state index contributed by atoms with van der Waals surface area (Å²) in [4.78, 5) is 79.4. The molecule has 0 aromatic carbocycles. The molecular weight excluding hydrogens is 803 g/mol. The van der Waals surface area contributed by atoms with E-state index in [1.165, 1.54) is 64.2 Å². The summed E-state index contributed by atoms with van der Waals surface area (Å²) < 4.78 is 20.7. The average Bonchev–Trinajstić information content (AvgIpc) is 3.24. The first kappa shape index (κ1) is 60.6. The van der Waals surface area contributed by atoms with Gasteiger partial charge in [-0.3, -0.25) is 28.8 Å². The number of hydrogen-bond acceptors (Lipinski definition) is 11. The van der Waals surface area contributed by atoms with Gasteiger partial charge in [0.15, 0.2) is 5.78 Å². The van der Waals surface area contributed by atoms with Gasteiger partial charge in [-0.15, -0.1) is 0 Å². The van der Waals surface area contributed by atoms with Gasteiger partial charge in [-0.1, -0.05) is 104 Å². The normalized spacial score (nSPS) is 11.3. The van der Waals surface area contributed by atoms with Crippen molar-refractivity contribution in [3.8, 4) is 0 Å². The Labute approximate surface area is 372 Å². The smallest absolute Gasteiger partial charge is 0.326 e. The topological polar surface area (TPSA) is 233 Å². The van der Waals surface area contributed by atoms with Crippen LogP contribution in [-0.4, -0.2) is 123 Å². The fraction of sp³-hybridized carbons (Fsp3) is 0.848. The average molecular weight is 888 g/mol. The number of hydrogen-bond donors (Lipinski definition) is 5. The highest BCUT2D eigenvalue weighted by molar-refractivity contribution is 5.84. The van der Waals surface area contributed by atoms with E-state index in [1.807, 2.05) is 13.8 Å². The Morgan fingerprint density at radius 2 is 0.952 bits per heavy atom. The van der Waals surface area contributed by atoms with Gasteiger partial charge >= 0.3 is 11.9 Å². The number of carbonyl (C=O) groups excluding carboxylic acids is 5. The fourth-order valence-corrected chi connectivity index (χ4v) is 6.13.